The van der Waals surface area contributed by atoms with Crippen LogP contribution in [0, 0.1) is 0 Å². The van der Waals surface area contributed by atoms with Gasteiger partial charge in [0.05, 0.1) is 6.33 Å². The van der Waals surface area contributed by atoms with Gasteiger partial charge in [-0.25, -0.2) is 4.39 Å². The lowest BCUT2D eigenvalue weighted by Gasteiger charge is -1.97. The highest BCUT2D eigenvalue weighted by molar-refractivity contribution is 9.10. The van der Waals surface area contributed by atoms with Crippen LogP contribution in [0.2, 0.25) is 0 Å². The maximum atomic E-state index is 12.0. The summed E-state index contributed by atoms with van der Waals surface area (Å²) in [5.74, 6) is 0. The first-order valence-corrected chi connectivity index (χ1v) is 4.06. The molecule has 0 radical (unpaired) electrons. The van der Waals surface area contributed by atoms with Crippen LogP contribution in [-0.4, -0.2) is 0 Å². The van der Waals surface area contributed by atoms with E-state index in [1.165, 1.54) is 0 Å². The van der Waals surface area contributed by atoms with Gasteiger partial charge in [0.2, 0.25) is 0 Å². The summed E-state index contributed by atoms with van der Waals surface area (Å²) in [6, 6.07) is 7.52. The highest BCUT2D eigenvalue weighted by atomic mass is 79.9. The minimum Gasteiger partial charge on any atom is -0.215 e. The summed E-state index contributed by atoms with van der Waals surface area (Å²) in [5, 5.41) is 0. The lowest BCUT2D eigenvalue weighted by molar-refractivity contribution is 0.723. The fraction of sp³-hybridized carbons (Fsp3) is 0.111. The molecule has 58 valence electrons. The van der Waals surface area contributed by atoms with Crippen molar-refractivity contribution in [3.8, 4) is 0 Å². The molecule has 1 rings (SSSR count). The van der Waals surface area contributed by atoms with Crippen molar-refractivity contribution in [2.24, 2.45) is 0 Å². The monoisotopic (exact) mass is 214 g/mol. The molecule has 1 aromatic rings. The zero-order chi connectivity index (χ0) is 8.27. The molecule has 0 spiro atoms. The first-order valence-electron chi connectivity index (χ1n) is 3.27. The minimum atomic E-state index is 0.614. The first-order chi connectivity index (χ1) is 5.24. The molecular formula is C9H8BrF. The maximum Gasteiger partial charge on any atom is 0.0902 e. The molecular weight excluding hydrogens is 207 g/mol. The van der Waals surface area contributed by atoms with Crippen molar-refractivity contribution in [2.75, 3.05) is 0 Å². The molecule has 0 fully saturated rings. The average molecular weight is 215 g/mol. The fourth-order valence-electron chi connectivity index (χ4n) is 0.776. The minimum absolute atomic E-state index is 0.614. The molecule has 0 aliphatic heterocycles. The second-order valence-corrected chi connectivity index (χ2v) is 3.21. The molecule has 0 saturated carbocycles. The van der Waals surface area contributed by atoms with E-state index >= 15 is 0 Å². The Morgan fingerprint density at radius 1 is 1.36 bits per heavy atom. The second kappa shape index (κ2) is 3.67. The van der Waals surface area contributed by atoms with Gasteiger partial charge in [-0.05, 0) is 30.2 Å². The van der Waals surface area contributed by atoms with Crippen LogP contribution in [-0.2, 0) is 0 Å². The van der Waals surface area contributed by atoms with Gasteiger partial charge in [0.1, 0.15) is 0 Å². The third-order valence-electron chi connectivity index (χ3n) is 1.46. The van der Waals surface area contributed by atoms with Gasteiger partial charge in [-0.1, -0.05) is 28.1 Å². The van der Waals surface area contributed by atoms with Crippen molar-refractivity contribution in [3.05, 3.63) is 40.6 Å². The molecule has 0 unspecified atom stereocenters. The molecule has 0 atom stereocenters. The number of allylic oxidation sites excluding steroid dienone is 1. The highest BCUT2D eigenvalue weighted by Gasteiger charge is 1.93. The molecule has 11 heavy (non-hydrogen) atoms. The molecule has 0 aliphatic rings. The normalized spacial score (nSPS) is 11.7. The smallest absolute Gasteiger partial charge is 0.0902 e. The van der Waals surface area contributed by atoms with Crippen LogP contribution in [0.1, 0.15) is 12.5 Å². The van der Waals surface area contributed by atoms with Crippen LogP contribution in [0.25, 0.3) is 5.57 Å². The quantitative estimate of drug-likeness (QED) is 0.668. The van der Waals surface area contributed by atoms with Crippen LogP contribution in [0.4, 0.5) is 4.39 Å². The molecule has 0 N–H and O–H groups in total. The standard InChI is InChI=1S/C9H8BrF/c1-7(6-11)8-2-4-9(10)5-3-8/h2-6H,1H3/b7-6-. The lowest BCUT2D eigenvalue weighted by atomic mass is 10.1. The molecule has 0 aliphatic carbocycles. The van der Waals surface area contributed by atoms with Crippen LogP contribution in [0.3, 0.4) is 0 Å². The van der Waals surface area contributed by atoms with Crippen molar-refractivity contribution in [3.63, 3.8) is 0 Å². The van der Waals surface area contributed by atoms with Crippen LogP contribution < -0.4 is 0 Å². The Balaban J connectivity index is 2.99. The Bertz CT molecular complexity index is 261. The Labute approximate surface area is 73.9 Å². The predicted octanol–water partition coefficient (Wildman–Crippen LogP) is 3.78. The number of benzene rings is 1. The average Bonchev–Trinajstić information content (AvgIpc) is 2.05. The Kier molecular flexibility index (Phi) is 2.83. The second-order valence-electron chi connectivity index (χ2n) is 2.30. The SMILES string of the molecule is C/C(=C/F)c1ccc(Br)cc1. The van der Waals surface area contributed by atoms with Gasteiger partial charge in [0, 0.05) is 4.47 Å². The molecule has 1 aromatic carbocycles. The number of halogens is 2. The van der Waals surface area contributed by atoms with E-state index in [9.17, 15) is 4.39 Å². The van der Waals surface area contributed by atoms with Crippen molar-refractivity contribution in [2.45, 2.75) is 6.92 Å². The van der Waals surface area contributed by atoms with Crippen molar-refractivity contribution < 1.29 is 4.39 Å². The number of rotatable bonds is 1. The molecule has 0 nitrogen and oxygen atoms in total. The zero-order valence-corrected chi connectivity index (χ0v) is 7.73. The summed E-state index contributed by atoms with van der Waals surface area (Å²) in [5.41, 5.74) is 1.56. The predicted molar refractivity (Wildman–Crippen MR) is 48.9 cm³/mol. The molecule has 0 bridgehead atoms. The third-order valence-corrected chi connectivity index (χ3v) is 1.99. The van der Waals surface area contributed by atoms with Crippen LogP contribution >= 0.6 is 15.9 Å². The van der Waals surface area contributed by atoms with Crippen molar-refractivity contribution in [1.82, 2.24) is 0 Å². The van der Waals surface area contributed by atoms with E-state index in [1.54, 1.807) is 6.92 Å². The summed E-state index contributed by atoms with van der Waals surface area (Å²) in [6.45, 7) is 1.74. The van der Waals surface area contributed by atoms with E-state index in [0.29, 0.717) is 11.9 Å². The molecule has 0 heterocycles. The van der Waals surface area contributed by atoms with Gasteiger partial charge >= 0.3 is 0 Å². The Morgan fingerprint density at radius 3 is 2.36 bits per heavy atom. The van der Waals surface area contributed by atoms with Gasteiger partial charge in [0.25, 0.3) is 0 Å². The van der Waals surface area contributed by atoms with E-state index in [1.807, 2.05) is 24.3 Å². The number of hydrogen-bond acceptors (Lipinski definition) is 0. The summed E-state index contributed by atoms with van der Waals surface area (Å²) >= 11 is 3.30. The van der Waals surface area contributed by atoms with E-state index in [0.717, 1.165) is 10.0 Å². The van der Waals surface area contributed by atoms with Crippen LogP contribution in [0.5, 0.6) is 0 Å². The summed E-state index contributed by atoms with van der Waals surface area (Å²) in [7, 11) is 0. The van der Waals surface area contributed by atoms with Crippen molar-refractivity contribution in [1.29, 1.82) is 0 Å². The van der Waals surface area contributed by atoms with Gasteiger partial charge in [-0.2, -0.15) is 0 Å². The van der Waals surface area contributed by atoms with Gasteiger partial charge in [0.15, 0.2) is 0 Å². The highest BCUT2D eigenvalue weighted by Crippen LogP contribution is 2.17. The van der Waals surface area contributed by atoms with E-state index in [4.69, 9.17) is 0 Å². The molecule has 0 saturated heterocycles. The van der Waals surface area contributed by atoms with Crippen LogP contribution in [0.15, 0.2) is 35.1 Å². The van der Waals surface area contributed by atoms with Gasteiger partial charge < -0.3 is 0 Å². The van der Waals surface area contributed by atoms with E-state index in [2.05, 4.69) is 15.9 Å². The van der Waals surface area contributed by atoms with Crippen molar-refractivity contribution >= 4 is 21.5 Å². The fourth-order valence-corrected chi connectivity index (χ4v) is 1.04. The topological polar surface area (TPSA) is 0 Å². The third kappa shape index (κ3) is 2.15. The lowest BCUT2D eigenvalue weighted by Crippen LogP contribution is -1.76. The Morgan fingerprint density at radius 2 is 1.91 bits per heavy atom. The summed E-state index contributed by atoms with van der Waals surface area (Å²) in [4.78, 5) is 0. The zero-order valence-electron chi connectivity index (χ0n) is 6.14. The molecule has 0 aromatic heterocycles. The molecule has 2 heteroatoms. The molecule has 0 amide bonds. The summed E-state index contributed by atoms with van der Waals surface area (Å²) < 4.78 is 13.0. The van der Waals surface area contributed by atoms with E-state index in [-0.39, 0.29) is 0 Å². The van der Waals surface area contributed by atoms with Gasteiger partial charge in [-0.3, -0.25) is 0 Å². The first kappa shape index (κ1) is 8.47. The van der Waals surface area contributed by atoms with E-state index < -0.39 is 0 Å². The summed E-state index contributed by atoms with van der Waals surface area (Å²) in [6.07, 6.45) is 0.614. The van der Waals surface area contributed by atoms with Gasteiger partial charge in [-0.15, -0.1) is 0 Å². The maximum absolute atomic E-state index is 12.0. The Hall–Kier alpha value is -0.630. The largest absolute Gasteiger partial charge is 0.215 e. The number of hydrogen-bond donors (Lipinski definition) is 0.